The Labute approximate surface area is 114 Å². The van der Waals surface area contributed by atoms with Gasteiger partial charge in [0.1, 0.15) is 0 Å². The van der Waals surface area contributed by atoms with Crippen molar-refractivity contribution in [1.29, 1.82) is 0 Å². The number of rotatable bonds is 4. The van der Waals surface area contributed by atoms with E-state index in [0.29, 0.717) is 18.8 Å². The molecule has 2 atom stereocenters. The van der Waals surface area contributed by atoms with Crippen LogP contribution in [0.2, 0.25) is 0 Å². The van der Waals surface area contributed by atoms with Crippen molar-refractivity contribution >= 4 is 17.3 Å². The van der Waals surface area contributed by atoms with Crippen LogP contribution in [0.3, 0.4) is 0 Å². The van der Waals surface area contributed by atoms with Crippen molar-refractivity contribution in [3.05, 3.63) is 24.3 Å². The van der Waals surface area contributed by atoms with Crippen molar-refractivity contribution in [2.75, 3.05) is 23.8 Å². The number of para-hydroxylation sites is 2. The molecule has 1 aromatic carbocycles. The van der Waals surface area contributed by atoms with E-state index in [1.807, 2.05) is 31.2 Å². The molecule has 1 saturated heterocycles. The van der Waals surface area contributed by atoms with Gasteiger partial charge in [0.15, 0.2) is 0 Å². The van der Waals surface area contributed by atoms with E-state index < -0.39 is 0 Å². The Balaban J connectivity index is 2.22. The van der Waals surface area contributed by atoms with Crippen LogP contribution in [0.25, 0.3) is 0 Å². The first-order chi connectivity index (χ1) is 9.19. The average Bonchev–Trinajstić information content (AvgIpc) is 2.89. The van der Waals surface area contributed by atoms with Crippen LogP contribution >= 0.6 is 0 Å². The number of anilines is 2. The van der Waals surface area contributed by atoms with E-state index >= 15 is 0 Å². The molecule has 2 unspecified atom stereocenters. The molecule has 0 saturated carbocycles. The lowest BCUT2D eigenvalue weighted by Gasteiger charge is -2.27. The van der Waals surface area contributed by atoms with Gasteiger partial charge in [-0.2, -0.15) is 0 Å². The lowest BCUT2D eigenvalue weighted by atomic mass is 9.97. The Bertz CT molecular complexity index is 448. The number of benzene rings is 1. The molecule has 1 amide bonds. The Morgan fingerprint density at radius 1 is 1.42 bits per heavy atom. The SMILES string of the molecule is CCC1OCCC1C(=O)N(CC)c1ccccc1N. The van der Waals surface area contributed by atoms with Gasteiger partial charge >= 0.3 is 0 Å². The summed E-state index contributed by atoms with van der Waals surface area (Å²) in [6, 6.07) is 7.51. The molecular weight excluding hydrogens is 240 g/mol. The molecule has 4 heteroatoms. The third-order valence-corrected chi connectivity index (χ3v) is 3.74. The topological polar surface area (TPSA) is 55.6 Å². The molecule has 104 valence electrons. The molecule has 0 bridgehead atoms. The van der Waals surface area contributed by atoms with E-state index in [1.54, 1.807) is 4.90 Å². The number of hydrogen-bond donors (Lipinski definition) is 1. The minimum atomic E-state index is -0.0374. The molecular formula is C15H22N2O2. The second-order valence-electron chi connectivity index (χ2n) is 4.85. The zero-order chi connectivity index (χ0) is 13.8. The molecule has 1 aliphatic heterocycles. The fourth-order valence-corrected chi connectivity index (χ4v) is 2.71. The maximum Gasteiger partial charge on any atom is 0.232 e. The molecule has 4 nitrogen and oxygen atoms in total. The van der Waals surface area contributed by atoms with Crippen LogP contribution < -0.4 is 10.6 Å². The third-order valence-electron chi connectivity index (χ3n) is 3.74. The highest BCUT2D eigenvalue weighted by atomic mass is 16.5. The van der Waals surface area contributed by atoms with Crippen LogP contribution in [0, 0.1) is 5.92 Å². The zero-order valence-corrected chi connectivity index (χ0v) is 11.6. The first-order valence-corrected chi connectivity index (χ1v) is 6.96. The van der Waals surface area contributed by atoms with E-state index in [2.05, 4.69) is 6.92 Å². The molecule has 1 fully saturated rings. The van der Waals surface area contributed by atoms with E-state index in [9.17, 15) is 4.79 Å². The van der Waals surface area contributed by atoms with Gasteiger partial charge < -0.3 is 15.4 Å². The summed E-state index contributed by atoms with van der Waals surface area (Å²) in [4.78, 5) is 14.5. The monoisotopic (exact) mass is 262 g/mol. The number of ether oxygens (including phenoxy) is 1. The standard InChI is InChI=1S/C15H22N2O2/c1-3-14-11(9-10-19-14)15(18)17(4-2)13-8-6-5-7-12(13)16/h5-8,11,14H,3-4,9-10,16H2,1-2H3. The van der Waals surface area contributed by atoms with E-state index in [0.717, 1.165) is 18.5 Å². The van der Waals surface area contributed by atoms with Gasteiger partial charge in [-0.1, -0.05) is 19.1 Å². The predicted molar refractivity (Wildman–Crippen MR) is 77.0 cm³/mol. The van der Waals surface area contributed by atoms with Gasteiger partial charge in [0.05, 0.1) is 23.4 Å². The summed E-state index contributed by atoms with van der Waals surface area (Å²) in [6.07, 6.45) is 1.73. The van der Waals surface area contributed by atoms with E-state index in [4.69, 9.17) is 10.5 Å². The van der Waals surface area contributed by atoms with Gasteiger partial charge in [0.25, 0.3) is 0 Å². The fraction of sp³-hybridized carbons (Fsp3) is 0.533. The summed E-state index contributed by atoms with van der Waals surface area (Å²) in [5.41, 5.74) is 7.42. The van der Waals surface area contributed by atoms with Crippen molar-refractivity contribution in [2.45, 2.75) is 32.8 Å². The van der Waals surface area contributed by atoms with Crippen molar-refractivity contribution in [2.24, 2.45) is 5.92 Å². The van der Waals surface area contributed by atoms with Gasteiger partial charge in [-0.05, 0) is 31.9 Å². The number of carbonyl (C=O) groups is 1. The van der Waals surface area contributed by atoms with Crippen LogP contribution in [-0.4, -0.2) is 25.2 Å². The maximum atomic E-state index is 12.7. The van der Waals surface area contributed by atoms with Crippen molar-refractivity contribution in [3.63, 3.8) is 0 Å². The maximum absolute atomic E-state index is 12.7. The Morgan fingerprint density at radius 2 is 2.16 bits per heavy atom. The van der Waals surface area contributed by atoms with Crippen molar-refractivity contribution in [1.82, 2.24) is 0 Å². The second kappa shape index (κ2) is 6.06. The quantitative estimate of drug-likeness (QED) is 0.848. The molecule has 1 aromatic rings. The fourth-order valence-electron chi connectivity index (χ4n) is 2.71. The molecule has 0 radical (unpaired) electrons. The van der Waals surface area contributed by atoms with Gasteiger partial charge in [0, 0.05) is 13.2 Å². The van der Waals surface area contributed by atoms with Crippen LogP contribution in [0.5, 0.6) is 0 Å². The normalized spacial score (nSPS) is 22.4. The highest BCUT2D eigenvalue weighted by Gasteiger charge is 2.35. The smallest absolute Gasteiger partial charge is 0.232 e. The lowest BCUT2D eigenvalue weighted by Crippen LogP contribution is -2.39. The third kappa shape index (κ3) is 2.73. The van der Waals surface area contributed by atoms with Gasteiger partial charge in [-0.3, -0.25) is 4.79 Å². The molecule has 0 aliphatic carbocycles. The molecule has 2 rings (SSSR count). The Hall–Kier alpha value is -1.55. The molecule has 1 aliphatic rings. The van der Waals surface area contributed by atoms with Crippen LogP contribution in [0.1, 0.15) is 26.7 Å². The van der Waals surface area contributed by atoms with E-state index in [1.165, 1.54) is 0 Å². The molecule has 2 N–H and O–H groups in total. The van der Waals surface area contributed by atoms with Gasteiger partial charge in [-0.25, -0.2) is 0 Å². The minimum absolute atomic E-state index is 0.0374. The largest absolute Gasteiger partial charge is 0.397 e. The van der Waals surface area contributed by atoms with Crippen LogP contribution in [0.4, 0.5) is 11.4 Å². The summed E-state index contributed by atoms with van der Waals surface area (Å²) in [5.74, 6) is 0.0920. The zero-order valence-electron chi connectivity index (χ0n) is 11.6. The van der Waals surface area contributed by atoms with Crippen LogP contribution in [-0.2, 0) is 9.53 Å². The lowest BCUT2D eigenvalue weighted by molar-refractivity contribution is -0.124. The highest BCUT2D eigenvalue weighted by Crippen LogP contribution is 2.29. The Morgan fingerprint density at radius 3 is 2.79 bits per heavy atom. The summed E-state index contributed by atoms with van der Waals surface area (Å²) in [6.45, 7) is 5.33. The van der Waals surface area contributed by atoms with Crippen molar-refractivity contribution < 1.29 is 9.53 Å². The van der Waals surface area contributed by atoms with Gasteiger partial charge in [0.2, 0.25) is 5.91 Å². The summed E-state index contributed by atoms with van der Waals surface area (Å²) < 4.78 is 5.62. The van der Waals surface area contributed by atoms with E-state index in [-0.39, 0.29) is 17.9 Å². The number of nitrogens with zero attached hydrogens (tertiary/aromatic N) is 1. The van der Waals surface area contributed by atoms with Crippen LogP contribution in [0.15, 0.2) is 24.3 Å². The molecule has 1 heterocycles. The molecule has 19 heavy (non-hydrogen) atoms. The minimum Gasteiger partial charge on any atom is -0.397 e. The predicted octanol–water partition coefficient (Wildman–Crippen LogP) is 2.44. The number of carbonyl (C=O) groups excluding carboxylic acids is 1. The molecule has 0 spiro atoms. The van der Waals surface area contributed by atoms with Crippen molar-refractivity contribution in [3.8, 4) is 0 Å². The summed E-state index contributed by atoms with van der Waals surface area (Å²) in [7, 11) is 0. The highest BCUT2D eigenvalue weighted by molar-refractivity contribution is 5.98. The molecule has 0 aromatic heterocycles. The number of nitrogen functional groups attached to an aromatic ring is 1. The first kappa shape index (κ1) is 13.9. The first-order valence-electron chi connectivity index (χ1n) is 6.96. The number of nitrogens with two attached hydrogens (primary N) is 1. The Kier molecular flexibility index (Phi) is 4.43. The van der Waals surface area contributed by atoms with Gasteiger partial charge in [-0.15, -0.1) is 0 Å². The summed E-state index contributed by atoms with van der Waals surface area (Å²) >= 11 is 0. The number of amides is 1. The summed E-state index contributed by atoms with van der Waals surface area (Å²) in [5, 5.41) is 0. The second-order valence-corrected chi connectivity index (χ2v) is 4.85. The average molecular weight is 262 g/mol. The number of hydrogen-bond acceptors (Lipinski definition) is 3.